The molecule has 0 aromatic rings. The molecule has 2 N–H and O–H groups in total. The van der Waals surface area contributed by atoms with Crippen LogP contribution in [-0.2, 0) is 0 Å². The van der Waals surface area contributed by atoms with E-state index in [0.717, 1.165) is 0 Å². The summed E-state index contributed by atoms with van der Waals surface area (Å²) in [5.74, 6) is 0. The van der Waals surface area contributed by atoms with Gasteiger partial charge in [0.25, 0.3) is 0 Å². The summed E-state index contributed by atoms with van der Waals surface area (Å²) in [5, 5.41) is 7.10. The summed E-state index contributed by atoms with van der Waals surface area (Å²) in [6, 6.07) is 0. The van der Waals surface area contributed by atoms with Gasteiger partial charge in [-0.3, -0.25) is 0 Å². The summed E-state index contributed by atoms with van der Waals surface area (Å²) < 4.78 is 0. The van der Waals surface area contributed by atoms with Crippen LogP contribution >= 0.6 is 0 Å². The van der Waals surface area contributed by atoms with E-state index in [-0.39, 0.29) is 103 Å². The van der Waals surface area contributed by atoms with E-state index in [4.69, 9.17) is 5.26 Å². The summed E-state index contributed by atoms with van der Waals surface area (Å²) in [6.45, 7) is 0. The summed E-state index contributed by atoms with van der Waals surface area (Å²) in [6.07, 6.45) is 1.25. The summed E-state index contributed by atoms with van der Waals surface area (Å²) in [4.78, 5) is 0. The molecule has 0 aliphatic rings. The van der Waals surface area contributed by atoms with Gasteiger partial charge in [-0.15, -0.1) is 0 Å². The minimum atomic E-state index is 0. The summed E-state index contributed by atoms with van der Waals surface area (Å²) in [7, 11) is 0. The summed E-state index contributed by atoms with van der Waals surface area (Å²) >= 11 is 0. The first kappa shape index (κ1) is 15.6. The fourth-order valence-corrected chi connectivity index (χ4v) is 0. The van der Waals surface area contributed by atoms with Gasteiger partial charge in [0.05, 0.1) is 0 Å². The molecule has 0 fully saturated rings. The van der Waals surface area contributed by atoms with Crippen molar-refractivity contribution in [1.29, 1.82) is 5.26 Å². The van der Waals surface area contributed by atoms with Gasteiger partial charge in [0.1, 0.15) is 0 Å². The van der Waals surface area contributed by atoms with Crippen LogP contribution in [0, 0.1) is 11.5 Å². The number of nitriles is 1. The predicted molar refractivity (Wildman–Crippen MR) is 21.3 cm³/mol. The second kappa shape index (κ2) is 16.0. The van der Waals surface area contributed by atoms with Gasteiger partial charge in [0.2, 0.25) is 0 Å². The number of rotatable bonds is 0. The number of nitrogens with zero attached hydrogens (tertiary/aromatic N) is 1. The van der Waals surface area contributed by atoms with Gasteiger partial charge >= 0.3 is 0 Å². The first-order chi connectivity index (χ1) is 1.41. The van der Waals surface area contributed by atoms with E-state index in [1.165, 1.54) is 6.19 Å². The fraction of sp³-hybridized carbons (Fsp3) is 0. The van der Waals surface area contributed by atoms with Crippen LogP contribution in [-0.4, -0.2) is 103 Å². The molecule has 0 spiro atoms. The molecule has 2 nitrogen and oxygen atoms in total. The molecule has 4 heteroatoms. The first-order valence-electron chi connectivity index (χ1n) is 0.512. The van der Waals surface area contributed by atoms with Crippen molar-refractivity contribution < 1.29 is 0 Å². The van der Waals surface area contributed by atoms with Gasteiger partial charge in [-0.1, -0.05) is 0 Å². The summed E-state index contributed by atoms with van der Waals surface area (Å²) in [5.41, 5.74) is 4.15. The molecule has 0 aliphatic carbocycles. The molecular formula is CH2K2N2. The zero-order valence-electron chi connectivity index (χ0n) is 3.52. The fourth-order valence-electron chi connectivity index (χ4n) is 0. The van der Waals surface area contributed by atoms with Crippen molar-refractivity contribution in [3.05, 3.63) is 0 Å². The SMILES string of the molecule is N#CN.[K].[K]. The van der Waals surface area contributed by atoms with E-state index in [1.54, 1.807) is 0 Å². The molecule has 5 heavy (non-hydrogen) atoms. The Bertz CT molecular complexity index is 29.1. The Hall–Kier alpha value is 2.56. The molecule has 0 aromatic carbocycles. The maximum atomic E-state index is 7.10. The first-order valence-corrected chi connectivity index (χ1v) is 0.512. The smallest absolute Gasteiger partial charge is 0.173 e. The van der Waals surface area contributed by atoms with Crippen molar-refractivity contribution in [2.24, 2.45) is 5.73 Å². The van der Waals surface area contributed by atoms with Gasteiger partial charge in [-0.2, -0.15) is 5.26 Å². The third kappa shape index (κ3) is 20.8. The zero-order valence-corrected chi connectivity index (χ0v) is 9.77. The Balaban J connectivity index is -0.0000000200. The minimum absolute atomic E-state index is 0. The molecule has 18 valence electrons. The molecule has 0 unspecified atom stereocenters. The van der Waals surface area contributed by atoms with Crippen LogP contribution in [0.4, 0.5) is 0 Å². The molecule has 0 amide bonds. The van der Waals surface area contributed by atoms with Crippen molar-refractivity contribution in [2.75, 3.05) is 0 Å². The van der Waals surface area contributed by atoms with Crippen LogP contribution in [0.5, 0.6) is 0 Å². The van der Waals surface area contributed by atoms with Crippen molar-refractivity contribution in [3.8, 4) is 6.19 Å². The second-order valence-electron chi connectivity index (χ2n) is 0.129. The maximum absolute atomic E-state index is 7.10. The molecule has 0 saturated carbocycles. The van der Waals surface area contributed by atoms with E-state index >= 15 is 0 Å². The molecule has 0 aliphatic heterocycles. The maximum Gasteiger partial charge on any atom is 0.173 e. The van der Waals surface area contributed by atoms with Gasteiger partial charge in [-0.05, 0) is 0 Å². The molecule has 0 bridgehead atoms. The zero-order chi connectivity index (χ0) is 2.71. The molecule has 2 radical (unpaired) electrons. The van der Waals surface area contributed by atoms with Crippen LogP contribution in [0.3, 0.4) is 0 Å². The van der Waals surface area contributed by atoms with Crippen LogP contribution in [0.25, 0.3) is 0 Å². The predicted octanol–water partition coefficient (Wildman–Crippen LogP) is -1.34. The second-order valence-corrected chi connectivity index (χ2v) is 0.129. The standard InChI is InChI=1S/CH2N2.2K/c2-1-3;;/h2H2;;. The number of hydrogen-bond acceptors (Lipinski definition) is 2. The minimum Gasteiger partial charge on any atom is -0.337 e. The number of hydrogen-bond donors (Lipinski definition) is 1. The van der Waals surface area contributed by atoms with Crippen LogP contribution in [0.15, 0.2) is 0 Å². The van der Waals surface area contributed by atoms with E-state index in [9.17, 15) is 0 Å². The average Bonchev–Trinajstić information content (AvgIpc) is 0.918. The van der Waals surface area contributed by atoms with E-state index in [0.29, 0.717) is 0 Å². The van der Waals surface area contributed by atoms with E-state index in [1.807, 2.05) is 0 Å². The van der Waals surface area contributed by atoms with Crippen molar-refractivity contribution >= 4 is 103 Å². The molecule has 0 saturated heterocycles. The van der Waals surface area contributed by atoms with Crippen molar-refractivity contribution in [2.45, 2.75) is 0 Å². The van der Waals surface area contributed by atoms with Crippen molar-refractivity contribution in [3.63, 3.8) is 0 Å². The molecule has 0 atom stereocenters. The van der Waals surface area contributed by atoms with Crippen LogP contribution < -0.4 is 5.73 Å². The quantitative estimate of drug-likeness (QED) is 0.244. The van der Waals surface area contributed by atoms with Crippen molar-refractivity contribution in [1.82, 2.24) is 0 Å². The largest absolute Gasteiger partial charge is 0.337 e. The van der Waals surface area contributed by atoms with Crippen LogP contribution in [0.1, 0.15) is 0 Å². The van der Waals surface area contributed by atoms with Gasteiger partial charge in [0, 0.05) is 103 Å². The molecular weight excluding hydrogens is 118 g/mol. The Morgan fingerprint density at radius 2 is 1.40 bits per heavy atom. The average molecular weight is 120 g/mol. The van der Waals surface area contributed by atoms with Gasteiger partial charge in [-0.25, -0.2) is 0 Å². The third-order valence-electron chi connectivity index (χ3n) is 0. The molecule has 0 heterocycles. The van der Waals surface area contributed by atoms with Crippen LogP contribution in [0.2, 0.25) is 0 Å². The Kier molecular flexibility index (Phi) is 50.1. The Morgan fingerprint density at radius 1 is 1.40 bits per heavy atom. The third-order valence-corrected chi connectivity index (χ3v) is 0. The normalized spacial score (nSPS) is 1.40. The van der Waals surface area contributed by atoms with E-state index in [2.05, 4.69) is 5.73 Å². The van der Waals surface area contributed by atoms with Gasteiger partial charge in [0.15, 0.2) is 6.19 Å². The Labute approximate surface area is 116 Å². The number of nitrogens with two attached hydrogens (primary N) is 1. The molecule has 0 rings (SSSR count). The molecule has 0 aromatic heterocycles. The Morgan fingerprint density at radius 3 is 1.40 bits per heavy atom. The van der Waals surface area contributed by atoms with Gasteiger partial charge < -0.3 is 5.73 Å². The van der Waals surface area contributed by atoms with E-state index < -0.39 is 0 Å². The topological polar surface area (TPSA) is 49.8 Å². The monoisotopic (exact) mass is 120 g/mol.